The Bertz CT molecular complexity index is 600. The Balaban J connectivity index is 2.57. The van der Waals surface area contributed by atoms with Gasteiger partial charge in [-0.3, -0.25) is 10.1 Å². The van der Waals surface area contributed by atoms with Crippen molar-refractivity contribution < 1.29 is 9.66 Å². The fourth-order valence-corrected chi connectivity index (χ4v) is 1.59. The van der Waals surface area contributed by atoms with E-state index >= 15 is 0 Å². The summed E-state index contributed by atoms with van der Waals surface area (Å²) >= 11 is 0. The largest absolute Gasteiger partial charge is 0.481 e. The van der Waals surface area contributed by atoms with Crippen molar-refractivity contribution in [2.24, 2.45) is 0 Å². The summed E-state index contributed by atoms with van der Waals surface area (Å²) in [5, 5.41) is 13.8. The summed E-state index contributed by atoms with van der Waals surface area (Å²) < 4.78 is 4.94. The van der Waals surface area contributed by atoms with Crippen LogP contribution < -0.4 is 10.1 Å². The predicted octanol–water partition coefficient (Wildman–Crippen LogP) is 1.50. The number of hydrogen-bond acceptors (Lipinski definition) is 7. The monoisotopic (exact) mass is 261 g/mol. The molecule has 2 heterocycles. The summed E-state index contributed by atoms with van der Waals surface area (Å²) in [4.78, 5) is 22.4. The van der Waals surface area contributed by atoms with E-state index in [9.17, 15) is 10.1 Å². The van der Waals surface area contributed by atoms with E-state index in [2.05, 4.69) is 20.3 Å². The molecule has 0 aliphatic heterocycles. The first kappa shape index (κ1) is 12.7. The predicted molar refractivity (Wildman–Crippen MR) is 68.0 cm³/mol. The minimum absolute atomic E-state index is 0.158. The third-order valence-corrected chi connectivity index (χ3v) is 2.46. The van der Waals surface area contributed by atoms with Crippen LogP contribution in [-0.2, 0) is 0 Å². The molecule has 19 heavy (non-hydrogen) atoms. The third kappa shape index (κ3) is 2.41. The number of aromatic nitrogens is 3. The number of hydrogen-bond donors (Lipinski definition) is 1. The molecule has 0 spiro atoms. The van der Waals surface area contributed by atoms with Crippen molar-refractivity contribution >= 4 is 11.5 Å². The van der Waals surface area contributed by atoms with Crippen molar-refractivity contribution in [1.82, 2.24) is 15.0 Å². The van der Waals surface area contributed by atoms with E-state index in [1.165, 1.54) is 19.6 Å². The smallest absolute Gasteiger partial charge is 0.337 e. The zero-order valence-electron chi connectivity index (χ0n) is 10.3. The van der Waals surface area contributed by atoms with Gasteiger partial charge >= 0.3 is 5.69 Å². The normalized spacial score (nSPS) is 10.0. The van der Waals surface area contributed by atoms with Crippen LogP contribution in [0.15, 0.2) is 24.7 Å². The molecule has 98 valence electrons. The molecule has 2 aromatic heterocycles. The van der Waals surface area contributed by atoms with E-state index < -0.39 is 4.92 Å². The molecular formula is C11H11N5O3. The quantitative estimate of drug-likeness (QED) is 0.656. The fourth-order valence-electron chi connectivity index (χ4n) is 1.59. The van der Waals surface area contributed by atoms with Gasteiger partial charge in [0.2, 0.25) is 11.7 Å². The maximum Gasteiger partial charge on any atom is 0.337 e. The van der Waals surface area contributed by atoms with Crippen LogP contribution >= 0.6 is 0 Å². The first-order valence-electron chi connectivity index (χ1n) is 5.35. The van der Waals surface area contributed by atoms with Crippen molar-refractivity contribution in [3.8, 4) is 17.1 Å². The number of pyridine rings is 1. The van der Waals surface area contributed by atoms with E-state index in [4.69, 9.17) is 4.74 Å². The molecule has 1 N–H and O–H groups in total. The lowest BCUT2D eigenvalue weighted by Gasteiger charge is -2.06. The summed E-state index contributed by atoms with van der Waals surface area (Å²) in [5.41, 5.74) is 0.544. The van der Waals surface area contributed by atoms with Gasteiger partial charge in [0.25, 0.3) is 0 Å². The van der Waals surface area contributed by atoms with Gasteiger partial charge in [0, 0.05) is 24.9 Å². The lowest BCUT2D eigenvalue weighted by atomic mass is 10.1. The van der Waals surface area contributed by atoms with Gasteiger partial charge in [0.05, 0.1) is 12.0 Å². The molecule has 0 fully saturated rings. The van der Waals surface area contributed by atoms with Crippen LogP contribution in [0.2, 0.25) is 0 Å². The molecule has 0 aromatic carbocycles. The second-order valence-corrected chi connectivity index (χ2v) is 3.52. The topological polar surface area (TPSA) is 103 Å². The van der Waals surface area contributed by atoms with Crippen LogP contribution in [0.25, 0.3) is 11.3 Å². The van der Waals surface area contributed by atoms with Gasteiger partial charge < -0.3 is 10.1 Å². The van der Waals surface area contributed by atoms with Crippen LogP contribution in [-0.4, -0.2) is 34.0 Å². The second-order valence-electron chi connectivity index (χ2n) is 3.52. The van der Waals surface area contributed by atoms with Gasteiger partial charge in [0.15, 0.2) is 5.69 Å². The van der Waals surface area contributed by atoms with Crippen molar-refractivity contribution in [1.29, 1.82) is 0 Å². The Kier molecular flexibility index (Phi) is 3.51. The summed E-state index contributed by atoms with van der Waals surface area (Å²) in [7, 11) is 3.06. The molecule has 2 rings (SSSR count). The molecule has 0 saturated heterocycles. The summed E-state index contributed by atoms with van der Waals surface area (Å²) in [6.07, 6.45) is 2.73. The molecule has 8 nitrogen and oxygen atoms in total. The molecule has 0 unspecified atom stereocenters. The van der Waals surface area contributed by atoms with E-state index in [-0.39, 0.29) is 17.2 Å². The van der Waals surface area contributed by atoms with Gasteiger partial charge in [-0.1, -0.05) is 0 Å². The molecule has 0 aliphatic carbocycles. The number of ether oxygens (including phenoxy) is 1. The highest BCUT2D eigenvalue weighted by Gasteiger charge is 2.23. The van der Waals surface area contributed by atoms with Crippen LogP contribution in [0.4, 0.5) is 11.5 Å². The molecule has 2 aromatic rings. The summed E-state index contributed by atoms with van der Waals surface area (Å²) in [6.45, 7) is 0. The zero-order valence-corrected chi connectivity index (χ0v) is 10.3. The summed E-state index contributed by atoms with van der Waals surface area (Å²) in [5.74, 6) is 0.583. The highest BCUT2D eigenvalue weighted by molar-refractivity contribution is 5.76. The van der Waals surface area contributed by atoms with E-state index in [0.29, 0.717) is 11.4 Å². The maximum atomic E-state index is 11.1. The molecule has 0 radical (unpaired) electrons. The Labute approximate surface area is 108 Å². The van der Waals surface area contributed by atoms with Gasteiger partial charge in [-0.05, 0) is 6.07 Å². The molecule has 0 saturated carbocycles. The number of nitrogens with one attached hydrogen (secondary N) is 1. The standard InChI is InChI=1S/C11H11N5O3/c1-12-11-10(16(17)18)9(14-6-15-11)7-3-4-8(19-2)13-5-7/h3-6H,1-2H3,(H,12,14,15). The van der Waals surface area contributed by atoms with Crippen molar-refractivity contribution in [3.05, 3.63) is 34.8 Å². The Morgan fingerprint density at radius 3 is 2.63 bits per heavy atom. The minimum atomic E-state index is -0.522. The molecule has 0 atom stereocenters. The number of methoxy groups -OCH3 is 1. The SMILES string of the molecule is CNc1ncnc(-c2ccc(OC)nc2)c1[N+](=O)[O-]. The highest BCUT2D eigenvalue weighted by Crippen LogP contribution is 2.32. The first-order valence-corrected chi connectivity index (χ1v) is 5.35. The number of nitrogens with zero attached hydrogens (tertiary/aromatic N) is 4. The van der Waals surface area contributed by atoms with Crippen molar-refractivity contribution in [2.75, 3.05) is 19.5 Å². The van der Waals surface area contributed by atoms with Crippen LogP contribution in [0.3, 0.4) is 0 Å². The highest BCUT2D eigenvalue weighted by atomic mass is 16.6. The number of rotatable bonds is 4. The van der Waals surface area contributed by atoms with E-state index in [1.807, 2.05) is 0 Å². The Morgan fingerprint density at radius 2 is 2.11 bits per heavy atom. The zero-order chi connectivity index (χ0) is 13.8. The molecule has 8 heteroatoms. The Morgan fingerprint density at radius 1 is 1.32 bits per heavy atom. The fraction of sp³-hybridized carbons (Fsp3) is 0.182. The first-order chi connectivity index (χ1) is 9.17. The third-order valence-electron chi connectivity index (χ3n) is 2.46. The van der Waals surface area contributed by atoms with Gasteiger partial charge in [-0.2, -0.15) is 0 Å². The van der Waals surface area contributed by atoms with E-state index in [1.54, 1.807) is 19.2 Å². The molecule has 0 amide bonds. The van der Waals surface area contributed by atoms with Gasteiger partial charge in [-0.25, -0.2) is 15.0 Å². The molecular weight excluding hydrogens is 250 g/mol. The average molecular weight is 261 g/mol. The van der Waals surface area contributed by atoms with Crippen LogP contribution in [0, 0.1) is 10.1 Å². The van der Waals surface area contributed by atoms with Crippen molar-refractivity contribution in [2.45, 2.75) is 0 Å². The second kappa shape index (κ2) is 5.25. The average Bonchev–Trinajstić information content (AvgIpc) is 2.46. The maximum absolute atomic E-state index is 11.1. The van der Waals surface area contributed by atoms with E-state index in [0.717, 1.165) is 0 Å². The van der Waals surface area contributed by atoms with Crippen LogP contribution in [0.1, 0.15) is 0 Å². The van der Waals surface area contributed by atoms with Crippen LogP contribution in [0.5, 0.6) is 5.88 Å². The lowest BCUT2D eigenvalue weighted by Crippen LogP contribution is -2.03. The van der Waals surface area contributed by atoms with Gasteiger partial charge in [0.1, 0.15) is 6.33 Å². The number of anilines is 1. The summed E-state index contributed by atoms with van der Waals surface area (Å²) in [6, 6.07) is 3.26. The van der Waals surface area contributed by atoms with Crippen molar-refractivity contribution in [3.63, 3.8) is 0 Å². The minimum Gasteiger partial charge on any atom is -0.481 e. The Hall–Kier alpha value is -2.77. The lowest BCUT2D eigenvalue weighted by molar-refractivity contribution is -0.383. The van der Waals surface area contributed by atoms with Gasteiger partial charge in [-0.15, -0.1) is 0 Å². The molecule has 0 bridgehead atoms. The number of nitro groups is 1. The molecule has 0 aliphatic rings.